The largest absolute Gasteiger partial charge is 0.435 e. The summed E-state index contributed by atoms with van der Waals surface area (Å²) in [6.45, 7) is 3.92. The summed E-state index contributed by atoms with van der Waals surface area (Å²) >= 11 is 0. The van der Waals surface area contributed by atoms with E-state index in [0.717, 1.165) is 12.5 Å². The normalized spacial score (nSPS) is 13.8. The lowest BCUT2D eigenvalue weighted by atomic mass is 10.2. The highest BCUT2D eigenvalue weighted by Gasteiger charge is 2.34. The molecule has 0 amide bonds. The van der Waals surface area contributed by atoms with Crippen molar-refractivity contribution in [1.29, 1.82) is 0 Å². The Morgan fingerprint density at radius 1 is 1.44 bits per heavy atom. The Bertz CT molecular complexity index is 547. The monoisotopic (exact) mass is 258 g/mol. The number of aromatic nitrogens is 3. The standard InChI is InChI=1S/C11H13F3N4/c1-3-7(2)16-10-8-6-9(11(12,13)14)17-18(8)5-4-15-10/h4-7H,3H2,1-2H3,(H,15,16). The molecule has 0 aliphatic rings. The molecule has 2 heterocycles. The summed E-state index contributed by atoms with van der Waals surface area (Å²) in [6, 6.07) is 1.13. The van der Waals surface area contributed by atoms with Crippen molar-refractivity contribution >= 4 is 11.3 Å². The molecule has 4 nitrogen and oxygen atoms in total. The molecular formula is C11H13F3N4. The Hall–Kier alpha value is -1.79. The van der Waals surface area contributed by atoms with Crippen LogP contribution >= 0.6 is 0 Å². The smallest absolute Gasteiger partial charge is 0.366 e. The number of nitrogens with zero attached hydrogens (tertiary/aromatic N) is 3. The number of anilines is 1. The molecule has 0 aliphatic carbocycles. The number of hydrogen-bond donors (Lipinski definition) is 1. The second-order valence-corrected chi connectivity index (χ2v) is 4.09. The molecule has 0 aromatic carbocycles. The van der Waals surface area contributed by atoms with Gasteiger partial charge in [-0.15, -0.1) is 0 Å². The van der Waals surface area contributed by atoms with Crippen molar-refractivity contribution in [2.45, 2.75) is 32.5 Å². The van der Waals surface area contributed by atoms with E-state index >= 15 is 0 Å². The van der Waals surface area contributed by atoms with Gasteiger partial charge in [0.1, 0.15) is 5.52 Å². The van der Waals surface area contributed by atoms with E-state index in [1.54, 1.807) is 0 Å². The van der Waals surface area contributed by atoms with Gasteiger partial charge >= 0.3 is 6.18 Å². The molecule has 2 aromatic rings. The number of fused-ring (bicyclic) bond motifs is 1. The van der Waals surface area contributed by atoms with Crippen molar-refractivity contribution in [2.24, 2.45) is 0 Å². The lowest BCUT2D eigenvalue weighted by Crippen LogP contribution is -2.15. The van der Waals surface area contributed by atoms with E-state index in [2.05, 4.69) is 15.4 Å². The van der Waals surface area contributed by atoms with Crippen molar-refractivity contribution in [3.63, 3.8) is 0 Å². The van der Waals surface area contributed by atoms with Gasteiger partial charge in [-0.25, -0.2) is 9.50 Å². The third-order valence-corrected chi connectivity index (χ3v) is 2.68. The summed E-state index contributed by atoms with van der Waals surface area (Å²) in [5.74, 6) is 0.412. The lowest BCUT2D eigenvalue weighted by Gasteiger charge is -2.12. The van der Waals surface area contributed by atoms with Crippen LogP contribution in [0.25, 0.3) is 5.52 Å². The second-order valence-electron chi connectivity index (χ2n) is 4.09. The van der Waals surface area contributed by atoms with Gasteiger partial charge in [0, 0.05) is 24.5 Å². The molecule has 0 saturated carbocycles. The molecule has 0 saturated heterocycles. The van der Waals surface area contributed by atoms with Crippen LogP contribution in [0.15, 0.2) is 18.5 Å². The number of nitrogens with one attached hydrogen (secondary N) is 1. The minimum absolute atomic E-state index is 0.132. The van der Waals surface area contributed by atoms with Gasteiger partial charge in [-0.2, -0.15) is 18.3 Å². The molecule has 0 radical (unpaired) electrons. The predicted octanol–water partition coefficient (Wildman–Crippen LogP) is 2.96. The Kier molecular flexibility index (Phi) is 3.14. The van der Waals surface area contributed by atoms with Gasteiger partial charge in [0.15, 0.2) is 11.5 Å². The van der Waals surface area contributed by atoms with E-state index in [1.165, 1.54) is 16.9 Å². The molecule has 0 spiro atoms. The van der Waals surface area contributed by atoms with Crippen LogP contribution in [0.2, 0.25) is 0 Å². The molecule has 0 aliphatic heterocycles. The van der Waals surface area contributed by atoms with Crippen molar-refractivity contribution in [2.75, 3.05) is 5.32 Å². The minimum Gasteiger partial charge on any atom is -0.366 e. The summed E-state index contributed by atoms with van der Waals surface area (Å²) in [5.41, 5.74) is -0.590. The van der Waals surface area contributed by atoms with E-state index < -0.39 is 11.9 Å². The zero-order chi connectivity index (χ0) is 13.3. The van der Waals surface area contributed by atoms with Gasteiger partial charge in [-0.1, -0.05) is 6.92 Å². The first-order valence-corrected chi connectivity index (χ1v) is 5.60. The highest BCUT2D eigenvalue weighted by molar-refractivity contribution is 5.68. The van der Waals surface area contributed by atoms with Gasteiger partial charge in [0.2, 0.25) is 0 Å². The molecule has 1 unspecified atom stereocenters. The molecule has 0 bridgehead atoms. The molecule has 1 atom stereocenters. The minimum atomic E-state index is -4.44. The average molecular weight is 258 g/mol. The first-order chi connectivity index (χ1) is 8.41. The van der Waals surface area contributed by atoms with Gasteiger partial charge in [0.25, 0.3) is 0 Å². The molecule has 98 valence electrons. The van der Waals surface area contributed by atoms with Gasteiger partial charge in [-0.05, 0) is 13.3 Å². The Balaban J connectivity index is 2.46. The zero-order valence-corrected chi connectivity index (χ0v) is 9.99. The summed E-state index contributed by atoms with van der Waals surface area (Å²) in [6.07, 6.45) is -0.778. The molecular weight excluding hydrogens is 245 g/mol. The maximum Gasteiger partial charge on any atom is 0.435 e. The number of hydrogen-bond acceptors (Lipinski definition) is 3. The summed E-state index contributed by atoms with van der Waals surface area (Å²) in [7, 11) is 0. The molecule has 18 heavy (non-hydrogen) atoms. The SMILES string of the molecule is CCC(C)Nc1nccn2nc(C(F)(F)F)cc12. The van der Waals surface area contributed by atoms with Gasteiger partial charge < -0.3 is 5.32 Å². The van der Waals surface area contributed by atoms with Gasteiger partial charge in [-0.3, -0.25) is 0 Å². The number of halogens is 3. The van der Waals surface area contributed by atoms with E-state index in [1.807, 2.05) is 13.8 Å². The Labute approximate surface area is 102 Å². The highest BCUT2D eigenvalue weighted by Crippen LogP contribution is 2.30. The van der Waals surface area contributed by atoms with Gasteiger partial charge in [0.05, 0.1) is 0 Å². The van der Waals surface area contributed by atoms with Crippen molar-refractivity contribution in [1.82, 2.24) is 14.6 Å². The van der Waals surface area contributed by atoms with E-state index in [-0.39, 0.29) is 6.04 Å². The van der Waals surface area contributed by atoms with Crippen LogP contribution < -0.4 is 5.32 Å². The summed E-state index contributed by atoms with van der Waals surface area (Å²) < 4.78 is 38.9. The van der Waals surface area contributed by atoms with Crippen molar-refractivity contribution < 1.29 is 13.2 Å². The zero-order valence-electron chi connectivity index (χ0n) is 9.99. The third kappa shape index (κ3) is 2.39. The first kappa shape index (κ1) is 12.7. The van der Waals surface area contributed by atoms with Crippen LogP contribution in [-0.2, 0) is 6.18 Å². The topological polar surface area (TPSA) is 42.2 Å². The van der Waals surface area contributed by atoms with Crippen LogP contribution in [0.4, 0.5) is 19.0 Å². The first-order valence-electron chi connectivity index (χ1n) is 5.60. The fourth-order valence-corrected chi connectivity index (χ4v) is 1.51. The lowest BCUT2D eigenvalue weighted by molar-refractivity contribution is -0.141. The van der Waals surface area contributed by atoms with Crippen LogP contribution in [0.1, 0.15) is 26.0 Å². The van der Waals surface area contributed by atoms with E-state index in [9.17, 15) is 13.2 Å². The molecule has 0 fully saturated rings. The van der Waals surface area contributed by atoms with Crippen molar-refractivity contribution in [3.05, 3.63) is 24.2 Å². The molecule has 1 N–H and O–H groups in total. The summed E-state index contributed by atoms with van der Waals surface area (Å²) in [4.78, 5) is 4.05. The molecule has 7 heteroatoms. The Morgan fingerprint density at radius 3 is 2.78 bits per heavy atom. The third-order valence-electron chi connectivity index (χ3n) is 2.68. The number of alkyl halides is 3. The van der Waals surface area contributed by atoms with E-state index in [0.29, 0.717) is 11.3 Å². The maximum absolute atomic E-state index is 12.6. The van der Waals surface area contributed by atoms with Crippen LogP contribution in [0.3, 0.4) is 0 Å². The van der Waals surface area contributed by atoms with Crippen molar-refractivity contribution in [3.8, 4) is 0 Å². The second kappa shape index (κ2) is 4.47. The predicted molar refractivity (Wildman–Crippen MR) is 61.4 cm³/mol. The highest BCUT2D eigenvalue weighted by atomic mass is 19.4. The quantitative estimate of drug-likeness (QED) is 0.920. The number of rotatable bonds is 3. The van der Waals surface area contributed by atoms with Crippen LogP contribution in [0, 0.1) is 0 Å². The Morgan fingerprint density at radius 2 is 2.17 bits per heavy atom. The maximum atomic E-state index is 12.6. The summed E-state index contributed by atoms with van der Waals surface area (Å²) in [5, 5.41) is 6.55. The fourth-order valence-electron chi connectivity index (χ4n) is 1.51. The molecule has 2 aromatic heterocycles. The van der Waals surface area contributed by atoms with E-state index in [4.69, 9.17) is 0 Å². The van der Waals surface area contributed by atoms with Crippen LogP contribution in [-0.4, -0.2) is 20.6 Å². The van der Waals surface area contributed by atoms with Crippen LogP contribution in [0.5, 0.6) is 0 Å². The average Bonchev–Trinajstić information content (AvgIpc) is 2.73. The fraction of sp³-hybridized carbons (Fsp3) is 0.455. The molecule has 2 rings (SSSR count).